The number of urea groups is 1. The lowest BCUT2D eigenvalue weighted by Gasteiger charge is -2.35. The van der Waals surface area contributed by atoms with E-state index in [1.54, 1.807) is 11.0 Å². The van der Waals surface area contributed by atoms with E-state index in [0.29, 0.717) is 0 Å². The van der Waals surface area contributed by atoms with Crippen LogP contribution in [-0.2, 0) is 6.42 Å². The molecule has 2 aromatic rings. The maximum absolute atomic E-state index is 12.6. The van der Waals surface area contributed by atoms with Crippen molar-refractivity contribution >= 4 is 27.9 Å². The monoisotopic (exact) mass is 398 g/mol. The fraction of sp³-hybridized carbons (Fsp3) is 0.250. The fourth-order valence-electron chi connectivity index (χ4n) is 3.70. The summed E-state index contributed by atoms with van der Waals surface area (Å²) < 4.78 is 6.87. The van der Waals surface area contributed by atoms with E-state index in [4.69, 9.17) is 4.74 Å². The topological polar surface area (TPSA) is 41.6 Å². The number of benzene rings is 2. The third kappa shape index (κ3) is 2.82. The van der Waals surface area contributed by atoms with E-state index < -0.39 is 0 Å². The van der Waals surface area contributed by atoms with E-state index >= 15 is 0 Å². The van der Waals surface area contributed by atoms with Crippen LogP contribution in [0.3, 0.4) is 0 Å². The quantitative estimate of drug-likeness (QED) is 0.736. The summed E-state index contributed by atoms with van der Waals surface area (Å²) in [5.74, 6) is 0.811. The molecular formula is C20H19BrN2O2. The fourth-order valence-corrected chi connectivity index (χ4v) is 4.28. The Kier molecular flexibility index (Phi) is 4.25. The van der Waals surface area contributed by atoms with Gasteiger partial charge >= 0.3 is 6.03 Å². The number of hydrogen-bond donors (Lipinski definition) is 1. The third-order valence-corrected chi connectivity index (χ3v) is 5.65. The van der Waals surface area contributed by atoms with Gasteiger partial charge in [0.15, 0.2) is 0 Å². The average molecular weight is 399 g/mol. The number of rotatable bonds is 2. The molecule has 0 saturated heterocycles. The lowest BCUT2D eigenvalue weighted by Crippen LogP contribution is -2.41. The molecule has 0 radical (unpaired) electrons. The first-order valence-corrected chi connectivity index (χ1v) is 9.11. The number of ether oxygens (including phenoxy) is 1. The molecule has 1 aliphatic carbocycles. The third-order valence-electron chi connectivity index (χ3n) is 4.91. The highest BCUT2D eigenvalue weighted by Gasteiger charge is 2.36. The van der Waals surface area contributed by atoms with Gasteiger partial charge in [-0.25, -0.2) is 8.72 Å². The summed E-state index contributed by atoms with van der Waals surface area (Å²) in [6, 6.07) is 16.0. The Hall–Kier alpha value is -2.27. The number of nitrogens with one attached hydrogen (secondary N) is 1. The zero-order valence-electron chi connectivity index (χ0n) is 14.0. The smallest absolute Gasteiger partial charge is 0.332 e. The zero-order chi connectivity index (χ0) is 17.4. The van der Waals surface area contributed by atoms with Crippen molar-refractivity contribution in [2.75, 3.05) is 7.11 Å². The summed E-state index contributed by atoms with van der Waals surface area (Å²) in [4.78, 5) is 12.6. The van der Waals surface area contributed by atoms with Gasteiger partial charge in [0, 0.05) is 5.56 Å². The lowest BCUT2D eigenvalue weighted by molar-refractivity contribution is 0.222. The first-order valence-electron chi connectivity index (χ1n) is 8.40. The van der Waals surface area contributed by atoms with Gasteiger partial charge in [-0.1, -0.05) is 36.4 Å². The Bertz CT molecular complexity index is 845. The summed E-state index contributed by atoms with van der Waals surface area (Å²) in [5, 5.41) is 3.08. The van der Waals surface area contributed by atoms with Gasteiger partial charge in [0.25, 0.3) is 0 Å². The summed E-state index contributed by atoms with van der Waals surface area (Å²) in [5.41, 5.74) is 5.72. The minimum Gasteiger partial charge on any atom is -0.497 e. The molecule has 2 aromatic carbocycles. The Labute approximate surface area is 155 Å². The lowest BCUT2D eigenvalue weighted by atomic mass is 9.91. The van der Waals surface area contributed by atoms with Crippen LogP contribution in [0.5, 0.6) is 5.75 Å². The number of halogens is 1. The van der Waals surface area contributed by atoms with Gasteiger partial charge in [-0.05, 0) is 48.1 Å². The van der Waals surface area contributed by atoms with Crippen LogP contribution in [0, 0.1) is 0 Å². The van der Waals surface area contributed by atoms with Crippen molar-refractivity contribution in [3.63, 3.8) is 0 Å². The highest BCUT2D eigenvalue weighted by molar-refractivity contribution is 9.07. The largest absolute Gasteiger partial charge is 0.497 e. The van der Waals surface area contributed by atoms with Gasteiger partial charge in [-0.15, -0.1) is 0 Å². The molecule has 5 heteroatoms. The standard InChI is InChI=1S/C20H19BrN2O2/c1-25-15-11-9-14(10-12-15)19-17-8-4-6-13-5-2-3-7-16(13)18(17)22-20(24)23(19)21/h2-3,5,7,9-12,19H,4,6,8H2,1H3,(H,22,24). The first kappa shape index (κ1) is 16.2. The molecule has 4 nitrogen and oxygen atoms in total. The van der Waals surface area contributed by atoms with Gasteiger partial charge in [0.05, 0.1) is 35.0 Å². The molecule has 1 aliphatic heterocycles. The van der Waals surface area contributed by atoms with Crippen molar-refractivity contribution in [1.82, 2.24) is 9.24 Å². The molecule has 128 valence electrons. The molecule has 1 heterocycles. The number of aryl methyl sites for hydroxylation is 1. The Morgan fingerprint density at radius 3 is 2.64 bits per heavy atom. The predicted octanol–water partition coefficient (Wildman–Crippen LogP) is 4.82. The van der Waals surface area contributed by atoms with E-state index in [9.17, 15) is 4.79 Å². The maximum Gasteiger partial charge on any atom is 0.332 e. The first-order chi connectivity index (χ1) is 12.2. The second-order valence-corrected chi connectivity index (χ2v) is 7.09. The van der Waals surface area contributed by atoms with Crippen molar-refractivity contribution in [3.8, 4) is 5.75 Å². The molecule has 1 unspecified atom stereocenters. The highest BCUT2D eigenvalue weighted by Crippen LogP contribution is 2.43. The molecule has 4 rings (SSSR count). The van der Waals surface area contributed by atoms with Crippen molar-refractivity contribution in [2.45, 2.75) is 25.3 Å². The van der Waals surface area contributed by atoms with Crippen molar-refractivity contribution in [1.29, 1.82) is 0 Å². The van der Waals surface area contributed by atoms with Crippen LogP contribution in [-0.4, -0.2) is 17.1 Å². The maximum atomic E-state index is 12.6. The van der Waals surface area contributed by atoms with Gasteiger partial charge in [0.2, 0.25) is 0 Å². The summed E-state index contributed by atoms with van der Waals surface area (Å²) in [6.45, 7) is 0. The molecule has 25 heavy (non-hydrogen) atoms. The van der Waals surface area contributed by atoms with E-state index in [2.05, 4.69) is 39.7 Å². The SMILES string of the molecule is COc1ccc(C2C3=C(NC(=O)N2Br)c2ccccc2CCC3)cc1. The molecule has 0 aromatic heterocycles. The van der Waals surface area contributed by atoms with E-state index in [1.165, 1.54) is 11.1 Å². The Morgan fingerprint density at radius 1 is 1.12 bits per heavy atom. The van der Waals surface area contributed by atoms with E-state index in [-0.39, 0.29) is 12.1 Å². The van der Waals surface area contributed by atoms with Crippen LogP contribution in [0.25, 0.3) is 5.70 Å². The van der Waals surface area contributed by atoms with Crippen molar-refractivity contribution < 1.29 is 9.53 Å². The molecule has 0 fully saturated rings. The van der Waals surface area contributed by atoms with Crippen molar-refractivity contribution in [3.05, 3.63) is 70.8 Å². The minimum absolute atomic E-state index is 0.124. The second-order valence-electron chi connectivity index (χ2n) is 6.33. The average Bonchev–Trinajstić information content (AvgIpc) is 2.82. The number of carbonyl (C=O) groups excluding carboxylic acids is 1. The summed E-state index contributed by atoms with van der Waals surface area (Å²) in [6.07, 6.45) is 3.04. The predicted molar refractivity (Wildman–Crippen MR) is 101 cm³/mol. The zero-order valence-corrected chi connectivity index (χ0v) is 15.5. The number of methoxy groups -OCH3 is 1. The van der Waals surface area contributed by atoms with Crippen LogP contribution in [0.2, 0.25) is 0 Å². The molecule has 0 spiro atoms. The van der Waals surface area contributed by atoms with Crippen LogP contribution >= 0.6 is 16.1 Å². The molecule has 2 amide bonds. The molecule has 1 N–H and O–H groups in total. The van der Waals surface area contributed by atoms with E-state index in [0.717, 1.165) is 41.8 Å². The summed E-state index contributed by atoms with van der Waals surface area (Å²) in [7, 11) is 1.66. The van der Waals surface area contributed by atoms with Crippen molar-refractivity contribution in [2.24, 2.45) is 0 Å². The molecule has 0 saturated carbocycles. The van der Waals surface area contributed by atoms with Crippen LogP contribution < -0.4 is 10.1 Å². The van der Waals surface area contributed by atoms with Gasteiger partial charge in [-0.2, -0.15) is 0 Å². The number of hydrogen-bond acceptors (Lipinski definition) is 2. The van der Waals surface area contributed by atoms with Crippen LogP contribution in [0.15, 0.2) is 54.1 Å². The molecule has 0 bridgehead atoms. The van der Waals surface area contributed by atoms with Gasteiger partial charge in [-0.3, -0.25) is 0 Å². The Balaban J connectivity index is 1.86. The molecule has 2 aliphatic rings. The number of nitrogens with zero attached hydrogens (tertiary/aromatic N) is 1. The normalized spacial score (nSPS) is 19.7. The second kappa shape index (κ2) is 6.56. The van der Waals surface area contributed by atoms with Crippen LogP contribution in [0.1, 0.15) is 35.6 Å². The van der Waals surface area contributed by atoms with E-state index in [1.807, 2.05) is 30.3 Å². The van der Waals surface area contributed by atoms with Gasteiger partial charge < -0.3 is 10.1 Å². The minimum atomic E-state index is -0.142. The molecular weight excluding hydrogens is 380 g/mol. The van der Waals surface area contributed by atoms with Gasteiger partial charge in [0.1, 0.15) is 5.75 Å². The molecule has 1 atom stereocenters. The highest BCUT2D eigenvalue weighted by atomic mass is 79.9. The number of carbonyl (C=O) groups is 1. The number of fused-ring (bicyclic) bond motifs is 2. The number of amides is 2. The van der Waals surface area contributed by atoms with Crippen LogP contribution in [0.4, 0.5) is 4.79 Å². The summed E-state index contributed by atoms with van der Waals surface area (Å²) >= 11 is 3.48. The Morgan fingerprint density at radius 2 is 1.88 bits per heavy atom.